The van der Waals surface area contributed by atoms with Crippen molar-refractivity contribution < 1.29 is 72.4 Å². The minimum atomic E-state index is -3.26. The van der Waals surface area contributed by atoms with Crippen LogP contribution in [-0.4, -0.2) is 121 Å². The SMILES string of the molecule is COc1cc(OCc2cccc(CNC(=O)CCCC=O)c2)c(Cl)cc1C(=O)O[C@H]1[C@@H](ONCC2CCC(CI)C(NC(=O)O)SC#CS3(F)C(O)C23)O[C@H](CO)[C@@H](O)[C@@H]1O. The number of thioether (sulfide) groups is 1. The first-order valence-corrected chi connectivity index (χ1v) is 23.6. The van der Waals surface area contributed by atoms with Crippen molar-refractivity contribution in [3.05, 3.63) is 58.1 Å². The van der Waals surface area contributed by atoms with E-state index in [0.717, 1.165) is 29.2 Å². The molecule has 0 aliphatic carbocycles. The number of methoxy groups -OCH3 is 1. The predicted octanol–water partition coefficient (Wildman–Crippen LogP) is 3.49. The summed E-state index contributed by atoms with van der Waals surface area (Å²) in [4.78, 5) is 53.4. The van der Waals surface area contributed by atoms with Gasteiger partial charge in [-0.05, 0) is 70.6 Å². The lowest BCUT2D eigenvalue weighted by Gasteiger charge is -2.41. The number of aldehydes is 1. The van der Waals surface area contributed by atoms with Crippen LogP contribution < -0.4 is 25.6 Å². The molecule has 3 heterocycles. The van der Waals surface area contributed by atoms with E-state index in [-0.39, 0.29) is 60.0 Å². The number of carboxylic acid groups (broad SMARTS) is 1. The van der Waals surface area contributed by atoms with Gasteiger partial charge in [-0.3, -0.25) is 9.63 Å². The molecule has 61 heavy (non-hydrogen) atoms. The van der Waals surface area contributed by atoms with E-state index in [4.69, 9.17) is 35.4 Å². The maximum atomic E-state index is 15.8. The van der Waals surface area contributed by atoms with Gasteiger partial charge in [-0.1, -0.05) is 58.5 Å². The van der Waals surface area contributed by atoms with Gasteiger partial charge in [-0.25, -0.2) is 9.59 Å². The third-order valence-electron chi connectivity index (χ3n) is 10.3. The maximum absolute atomic E-state index is 15.8. The number of halogens is 3. The highest BCUT2D eigenvalue weighted by molar-refractivity contribution is 14.1. The van der Waals surface area contributed by atoms with Gasteiger partial charge in [0.15, 0.2) is 6.10 Å². The number of amides is 2. The second-order valence-electron chi connectivity index (χ2n) is 14.4. The van der Waals surface area contributed by atoms with Crippen LogP contribution in [0.2, 0.25) is 5.02 Å². The highest BCUT2D eigenvalue weighted by Crippen LogP contribution is 2.77. The number of fused-ring (bicyclic) bond motifs is 1. The van der Waals surface area contributed by atoms with Gasteiger partial charge >= 0.3 is 12.1 Å². The Morgan fingerprint density at radius 2 is 1.87 bits per heavy atom. The number of benzene rings is 2. The summed E-state index contributed by atoms with van der Waals surface area (Å²) in [5.41, 5.74) is 2.73. The number of hydroxylamine groups is 1. The van der Waals surface area contributed by atoms with Gasteiger partial charge in [0.1, 0.15) is 53.7 Å². The van der Waals surface area contributed by atoms with Crippen molar-refractivity contribution in [3.63, 3.8) is 0 Å². The first-order valence-electron chi connectivity index (χ1n) is 19.2. The van der Waals surface area contributed by atoms with Crippen LogP contribution in [0.3, 0.4) is 0 Å². The van der Waals surface area contributed by atoms with Gasteiger partial charge in [0.25, 0.3) is 0 Å². The zero-order valence-electron chi connectivity index (χ0n) is 32.7. The average Bonchev–Trinajstić information content (AvgIpc) is 3.78. The molecule has 8 N–H and O–H groups in total. The summed E-state index contributed by atoms with van der Waals surface area (Å²) in [6, 6.07) is 9.87. The Bertz CT molecular complexity index is 1930. The van der Waals surface area contributed by atoms with E-state index in [9.17, 15) is 44.7 Å². The van der Waals surface area contributed by atoms with Crippen molar-refractivity contribution in [1.29, 1.82) is 0 Å². The third-order valence-corrected chi connectivity index (χ3v) is 15.4. The number of aliphatic hydroxyl groups excluding tert-OH is 4. The number of nitrogens with one attached hydrogen (secondary N) is 3. The summed E-state index contributed by atoms with van der Waals surface area (Å²) in [5, 5.41) is 60.6. The lowest BCUT2D eigenvalue weighted by molar-refractivity contribution is -0.315. The highest BCUT2D eigenvalue weighted by Gasteiger charge is 2.64. The van der Waals surface area contributed by atoms with Gasteiger partial charge in [-0.2, -0.15) is 9.37 Å². The van der Waals surface area contributed by atoms with Crippen molar-refractivity contribution >= 4 is 80.6 Å². The Labute approximate surface area is 375 Å². The van der Waals surface area contributed by atoms with Crippen LogP contribution >= 0.6 is 56.4 Å². The Morgan fingerprint density at radius 3 is 2.57 bits per heavy atom. The minimum Gasteiger partial charge on any atom is -0.496 e. The molecule has 2 aromatic rings. The van der Waals surface area contributed by atoms with Crippen molar-refractivity contribution in [2.24, 2.45) is 11.8 Å². The number of carbonyl (C=O) groups is 4. The molecule has 2 fully saturated rings. The summed E-state index contributed by atoms with van der Waals surface area (Å²) >= 11 is 9.67. The molecule has 0 aromatic heterocycles. The Kier molecular flexibility index (Phi) is 18.4. The van der Waals surface area contributed by atoms with E-state index in [0.29, 0.717) is 30.1 Å². The number of aliphatic hydroxyl groups is 4. The molecule has 2 aromatic carbocycles. The van der Waals surface area contributed by atoms with Crippen molar-refractivity contribution in [2.45, 2.75) is 92.0 Å². The number of ether oxygens (including phenoxy) is 4. The molecule has 0 saturated carbocycles. The number of carbonyl (C=O) groups excluding carboxylic acids is 3. The molecular weight excluding hydrogens is 980 g/mol. The van der Waals surface area contributed by atoms with Gasteiger partial charge in [-0.15, -0.1) is 0 Å². The van der Waals surface area contributed by atoms with E-state index >= 15 is 3.89 Å². The molecule has 6 unspecified atom stereocenters. The van der Waals surface area contributed by atoms with E-state index in [1.165, 1.54) is 19.2 Å². The minimum absolute atomic E-state index is 0.000955. The molecule has 0 radical (unpaired) electrons. The number of alkyl halides is 1. The molecule has 0 spiro atoms. The van der Waals surface area contributed by atoms with Crippen LogP contribution in [0.1, 0.15) is 53.6 Å². The fourth-order valence-corrected chi connectivity index (χ4v) is 11.9. The molecule has 22 heteroatoms. The smallest absolute Gasteiger partial charge is 0.405 e. The third kappa shape index (κ3) is 12.7. The number of hydrogen-bond acceptors (Lipinski definition) is 15. The number of rotatable bonds is 19. The molecule has 11 atom stereocenters. The highest BCUT2D eigenvalue weighted by atomic mass is 127. The Hall–Kier alpha value is -3.15. The zero-order valence-corrected chi connectivity index (χ0v) is 37.3. The second kappa shape index (κ2) is 23.0. The summed E-state index contributed by atoms with van der Waals surface area (Å²) < 4.78 is 39.1. The van der Waals surface area contributed by atoms with E-state index in [2.05, 4.69) is 49.2 Å². The Balaban J connectivity index is 1.24. The molecule has 3 aliphatic rings. The summed E-state index contributed by atoms with van der Waals surface area (Å²) in [6.45, 7) is -0.483. The maximum Gasteiger partial charge on any atom is 0.405 e. The quantitative estimate of drug-likeness (QED) is 0.0147. The summed E-state index contributed by atoms with van der Waals surface area (Å²) in [7, 11) is -1.96. The number of unbranched alkanes of at least 4 members (excludes halogenated alkanes) is 1. The lowest BCUT2D eigenvalue weighted by atomic mass is 9.94. The van der Waals surface area contributed by atoms with Crippen molar-refractivity contribution in [3.8, 4) is 22.0 Å². The fourth-order valence-electron chi connectivity index (χ4n) is 6.87. The summed E-state index contributed by atoms with van der Waals surface area (Å²) in [6.07, 6.45) is -6.84. The van der Waals surface area contributed by atoms with Crippen LogP contribution in [0.25, 0.3) is 0 Å². The fraction of sp³-hybridized carbons (Fsp3) is 0.538. The van der Waals surface area contributed by atoms with Crippen LogP contribution in [0.5, 0.6) is 11.5 Å². The van der Waals surface area contributed by atoms with E-state index in [1.807, 2.05) is 18.2 Å². The second-order valence-corrected chi connectivity index (χ2v) is 19.1. The van der Waals surface area contributed by atoms with Crippen LogP contribution in [-0.2, 0) is 37.1 Å². The molecule has 0 bridgehead atoms. The first-order chi connectivity index (χ1) is 29.2. The molecule has 3 aliphatic heterocycles. The number of hydrogen-bond donors (Lipinski definition) is 8. The topological polar surface area (TPSA) is 252 Å². The van der Waals surface area contributed by atoms with Gasteiger partial charge in [0.05, 0.1) is 29.4 Å². The molecule has 2 amide bonds. The van der Waals surface area contributed by atoms with Crippen LogP contribution in [0, 0.1) is 22.3 Å². The Morgan fingerprint density at radius 1 is 1.11 bits per heavy atom. The molecule has 2 saturated heterocycles. The lowest BCUT2D eigenvalue weighted by Crippen LogP contribution is -2.61. The monoisotopic (exact) mass is 1030 g/mol. The molecular formula is C39H48ClFIN3O14S2. The van der Waals surface area contributed by atoms with Crippen molar-refractivity contribution in [1.82, 2.24) is 16.1 Å². The zero-order chi connectivity index (χ0) is 44.3. The van der Waals surface area contributed by atoms with Gasteiger partial charge < -0.3 is 59.9 Å². The van der Waals surface area contributed by atoms with Gasteiger partial charge in [0, 0.05) is 46.8 Å². The first kappa shape index (κ1) is 48.9. The van der Waals surface area contributed by atoms with Crippen molar-refractivity contribution in [2.75, 3.05) is 24.7 Å². The van der Waals surface area contributed by atoms with Gasteiger partial charge in [0.2, 0.25) is 12.2 Å². The average molecular weight is 1030 g/mol. The van der Waals surface area contributed by atoms with E-state index in [1.54, 1.807) is 6.07 Å². The van der Waals surface area contributed by atoms with Crippen LogP contribution in [0.15, 0.2) is 36.4 Å². The van der Waals surface area contributed by atoms with E-state index < -0.39 is 81.8 Å². The predicted molar refractivity (Wildman–Crippen MR) is 231 cm³/mol. The standard InChI is InChI=1S/C39H48ClFIN3O14S2/c1-55-27-15-28(56-20-22-6-4-5-21(13-22)17-43-30(48)7-2-3-10-46)26(40)14-25(27)36(51)58-33-32(50)31(49)29(19-47)57-38(33)59-44-18-24-9-8-23(16-42)35(45-39(53)54)60-11-12-61(41)34(24)37(61)52/h4-6,10,13-15,23-24,29,31-35,37-38,44-45,47,49-50,52H,2-3,7-9,16-20H2,1H3,(H,43,48)(H,53,54)/t23?,24?,29-,31-,32+,33-,34?,35?,37?,38-/m1/s1. The van der Waals surface area contributed by atoms with Crippen LogP contribution in [0.4, 0.5) is 8.68 Å². The molecule has 5 rings (SSSR count). The molecule has 17 nitrogen and oxygen atoms in total. The normalized spacial score (nSPS) is 30.5. The number of esters is 1. The molecule has 336 valence electrons. The summed E-state index contributed by atoms with van der Waals surface area (Å²) in [5.74, 6) is -1.83. The largest absolute Gasteiger partial charge is 0.496 e.